The van der Waals surface area contributed by atoms with Gasteiger partial charge in [0.15, 0.2) is 5.78 Å². The minimum atomic E-state index is 0.188. The van der Waals surface area contributed by atoms with Crippen LogP contribution in [0.15, 0.2) is 12.2 Å². The normalized spacial score (nSPS) is 8.62. The smallest absolute Gasteiger partial charge is 0.157 e. The molecule has 0 atom stereocenters. The maximum Gasteiger partial charge on any atom is 0.157 e. The van der Waals surface area contributed by atoms with Crippen LogP contribution in [-0.4, -0.2) is 12.3 Å². The van der Waals surface area contributed by atoms with Gasteiger partial charge < -0.3 is 5.73 Å². The van der Waals surface area contributed by atoms with Gasteiger partial charge in [-0.15, -0.1) is 0 Å². The quantitative estimate of drug-likeness (QED) is 0.669. The van der Waals surface area contributed by atoms with Gasteiger partial charge in [0.1, 0.15) is 0 Å². The molecule has 0 saturated carbocycles. The van der Waals surface area contributed by atoms with E-state index in [0.717, 1.165) is 13.0 Å². The Labute approximate surface area is 82.2 Å². The van der Waals surface area contributed by atoms with Crippen molar-refractivity contribution in [3.05, 3.63) is 12.2 Å². The summed E-state index contributed by atoms with van der Waals surface area (Å²) in [5.74, 6) is 0.188. The molecule has 0 saturated heterocycles. The molecule has 0 bridgehead atoms. The highest BCUT2D eigenvalue weighted by atomic mass is 16.1. The van der Waals surface area contributed by atoms with E-state index in [4.69, 9.17) is 5.73 Å². The molecule has 0 radical (unpaired) electrons. The van der Waals surface area contributed by atoms with Crippen molar-refractivity contribution >= 4 is 5.78 Å². The maximum atomic E-state index is 10.6. The van der Waals surface area contributed by atoms with Gasteiger partial charge in [-0.05, 0) is 31.9 Å². The molecule has 0 aromatic carbocycles. The number of carbonyl (C=O) groups excluding carboxylic acids is 1. The molecule has 0 fully saturated rings. The lowest BCUT2D eigenvalue weighted by molar-refractivity contribution is -0.115. The van der Waals surface area contributed by atoms with Crippen molar-refractivity contribution in [3.8, 4) is 0 Å². The van der Waals surface area contributed by atoms with Gasteiger partial charge in [0.25, 0.3) is 0 Å². The van der Waals surface area contributed by atoms with Crippen molar-refractivity contribution in [3.63, 3.8) is 0 Å². The Morgan fingerprint density at radius 3 is 1.92 bits per heavy atom. The van der Waals surface area contributed by atoms with E-state index in [0.29, 0.717) is 12.0 Å². The molecule has 2 heteroatoms. The fourth-order valence-electron chi connectivity index (χ4n) is 0.645. The van der Waals surface area contributed by atoms with Gasteiger partial charge in [-0.3, -0.25) is 4.79 Å². The number of ketones is 1. The van der Waals surface area contributed by atoms with Crippen molar-refractivity contribution in [2.45, 2.75) is 46.5 Å². The fourth-order valence-corrected chi connectivity index (χ4v) is 0.645. The van der Waals surface area contributed by atoms with E-state index < -0.39 is 0 Å². The first kappa shape index (κ1) is 14.9. The highest BCUT2D eigenvalue weighted by Gasteiger charge is 1.97. The third-order valence-corrected chi connectivity index (χ3v) is 1.51. The van der Waals surface area contributed by atoms with Gasteiger partial charge in [-0.2, -0.15) is 0 Å². The zero-order valence-electron chi connectivity index (χ0n) is 9.23. The molecule has 0 aromatic rings. The predicted molar refractivity (Wildman–Crippen MR) is 58.7 cm³/mol. The molecule has 0 spiro atoms. The number of rotatable bonds is 5. The summed E-state index contributed by atoms with van der Waals surface area (Å²) in [6.45, 7) is 10.2. The zero-order valence-corrected chi connectivity index (χ0v) is 9.23. The van der Waals surface area contributed by atoms with Crippen LogP contribution in [0.1, 0.15) is 46.5 Å². The SMILES string of the molecule is C=C(C)C(=O)CCC.CCCCN. The Balaban J connectivity index is 0. The molecule has 0 amide bonds. The number of unbranched alkanes of at least 4 members (excludes halogenated alkanes) is 1. The average molecular weight is 185 g/mol. The predicted octanol–water partition coefficient (Wildman–Crippen LogP) is 2.68. The molecule has 0 rings (SSSR count). The number of allylic oxidation sites excluding steroid dienone is 1. The Bertz CT molecular complexity index is 139. The van der Waals surface area contributed by atoms with Crippen molar-refractivity contribution in [1.82, 2.24) is 0 Å². The van der Waals surface area contributed by atoms with E-state index >= 15 is 0 Å². The van der Waals surface area contributed by atoms with Gasteiger partial charge in [-0.1, -0.05) is 26.8 Å². The van der Waals surface area contributed by atoms with Crippen LogP contribution in [0, 0.1) is 0 Å². The van der Waals surface area contributed by atoms with Crippen LogP contribution in [0.2, 0.25) is 0 Å². The molecule has 0 heterocycles. The molecule has 0 aliphatic carbocycles. The first-order valence-electron chi connectivity index (χ1n) is 4.98. The lowest BCUT2D eigenvalue weighted by Crippen LogP contribution is -1.95. The van der Waals surface area contributed by atoms with Gasteiger partial charge in [-0.25, -0.2) is 0 Å². The zero-order chi connectivity index (χ0) is 10.7. The van der Waals surface area contributed by atoms with E-state index in [1.807, 2.05) is 6.92 Å². The largest absolute Gasteiger partial charge is 0.330 e. The fraction of sp³-hybridized carbons (Fsp3) is 0.727. The van der Waals surface area contributed by atoms with Crippen LogP contribution >= 0.6 is 0 Å². The second-order valence-corrected chi connectivity index (χ2v) is 3.10. The summed E-state index contributed by atoms with van der Waals surface area (Å²) in [5.41, 5.74) is 5.81. The van der Waals surface area contributed by atoms with Crippen molar-refractivity contribution in [1.29, 1.82) is 0 Å². The van der Waals surface area contributed by atoms with Gasteiger partial charge in [0.2, 0.25) is 0 Å². The molecule has 0 unspecified atom stereocenters. The molecule has 0 aromatic heterocycles. The number of nitrogens with two attached hydrogens (primary N) is 1. The first-order valence-corrected chi connectivity index (χ1v) is 4.98. The molecule has 2 N–H and O–H groups in total. The number of carbonyl (C=O) groups is 1. The van der Waals surface area contributed by atoms with Crippen molar-refractivity contribution in [2.75, 3.05) is 6.54 Å². The van der Waals surface area contributed by atoms with Gasteiger partial charge in [0.05, 0.1) is 0 Å². The Hall–Kier alpha value is -0.630. The second-order valence-electron chi connectivity index (χ2n) is 3.10. The van der Waals surface area contributed by atoms with Crippen molar-refractivity contribution in [2.24, 2.45) is 5.73 Å². The molecular formula is C11H23NO. The molecule has 13 heavy (non-hydrogen) atoms. The number of hydrogen-bond acceptors (Lipinski definition) is 2. The van der Waals surface area contributed by atoms with E-state index in [9.17, 15) is 4.79 Å². The summed E-state index contributed by atoms with van der Waals surface area (Å²) in [7, 11) is 0. The van der Waals surface area contributed by atoms with Crippen LogP contribution in [0.5, 0.6) is 0 Å². The van der Waals surface area contributed by atoms with Crippen LogP contribution in [0.4, 0.5) is 0 Å². The minimum absolute atomic E-state index is 0.188. The van der Waals surface area contributed by atoms with Gasteiger partial charge in [0, 0.05) is 6.42 Å². The summed E-state index contributed by atoms with van der Waals surface area (Å²) in [6.07, 6.45) is 3.96. The summed E-state index contributed by atoms with van der Waals surface area (Å²) in [4.78, 5) is 10.6. The molecule has 2 nitrogen and oxygen atoms in total. The highest BCUT2D eigenvalue weighted by Crippen LogP contribution is 1.96. The molecule has 0 aliphatic rings. The van der Waals surface area contributed by atoms with Crippen LogP contribution in [0.3, 0.4) is 0 Å². The maximum absolute atomic E-state index is 10.6. The van der Waals surface area contributed by atoms with Crippen LogP contribution < -0.4 is 5.73 Å². The Morgan fingerprint density at radius 1 is 1.31 bits per heavy atom. The number of hydrogen-bond donors (Lipinski definition) is 1. The Kier molecular flexibility index (Phi) is 13.0. The van der Waals surface area contributed by atoms with E-state index in [1.54, 1.807) is 6.92 Å². The minimum Gasteiger partial charge on any atom is -0.330 e. The molecular weight excluding hydrogens is 162 g/mol. The standard InChI is InChI=1S/C7H12O.C4H11N/c1-4-5-7(8)6(2)3;1-2-3-4-5/h2,4-5H2,1,3H3;2-5H2,1H3. The Morgan fingerprint density at radius 2 is 1.85 bits per heavy atom. The first-order chi connectivity index (χ1) is 6.09. The summed E-state index contributed by atoms with van der Waals surface area (Å²) in [5, 5.41) is 0. The lowest BCUT2D eigenvalue weighted by atomic mass is 10.1. The summed E-state index contributed by atoms with van der Waals surface area (Å²) < 4.78 is 0. The average Bonchev–Trinajstić information content (AvgIpc) is 2.07. The van der Waals surface area contributed by atoms with Crippen LogP contribution in [-0.2, 0) is 4.79 Å². The van der Waals surface area contributed by atoms with Crippen molar-refractivity contribution < 1.29 is 4.79 Å². The monoisotopic (exact) mass is 185 g/mol. The summed E-state index contributed by atoms with van der Waals surface area (Å²) in [6, 6.07) is 0. The molecule has 0 aliphatic heterocycles. The van der Waals surface area contributed by atoms with Crippen LogP contribution in [0.25, 0.3) is 0 Å². The van der Waals surface area contributed by atoms with Gasteiger partial charge >= 0.3 is 0 Å². The third kappa shape index (κ3) is 14.2. The summed E-state index contributed by atoms with van der Waals surface area (Å²) >= 11 is 0. The third-order valence-electron chi connectivity index (χ3n) is 1.51. The van der Waals surface area contributed by atoms with E-state index in [2.05, 4.69) is 13.5 Å². The second kappa shape index (κ2) is 11.4. The molecule has 78 valence electrons. The van der Waals surface area contributed by atoms with E-state index in [1.165, 1.54) is 12.8 Å². The number of Topliss-reactive ketones (excluding diaryl/α,β-unsaturated/α-hetero) is 1. The lowest BCUT2D eigenvalue weighted by Gasteiger charge is -1.92. The topological polar surface area (TPSA) is 43.1 Å². The van der Waals surface area contributed by atoms with E-state index in [-0.39, 0.29) is 5.78 Å². The highest BCUT2D eigenvalue weighted by molar-refractivity contribution is 5.93.